The minimum absolute atomic E-state index is 0.112. The van der Waals surface area contributed by atoms with Crippen molar-refractivity contribution >= 4 is 12.0 Å². The molecule has 19 heavy (non-hydrogen) atoms. The summed E-state index contributed by atoms with van der Waals surface area (Å²) in [5.41, 5.74) is 0. The fourth-order valence-electron chi connectivity index (χ4n) is 1.24. The molecule has 0 spiro atoms. The molecule has 0 aliphatic carbocycles. The second-order valence-corrected chi connectivity index (χ2v) is 3.93. The molecule has 0 bridgehead atoms. The number of hydrogen-bond acceptors (Lipinski definition) is 4. The summed E-state index contributed by atoms with van der Waals surface area (Å²) in [4.78, 5) is 22.0. The van der Waals surface area contributed by atoms with Crippen LogP contribution in [-0.2, 0) is 4.79 Å². The molecular formula is C12H16N2O5. The Hall–Kier alpha value is -2.44. The summed E-state index contributed by atoms with van der Waals surface area (Å²) in [5, 5.41) is 22.4. The molecule has 0 aliphatic rings. The van der Waals surface area contributed by atoms with E-state index in [2.05, 4.69) is 10.6 Å². The number of hydrogen-bond donors (Lipinski definition) is 4. The summed E-state index contributed by atoms with van der Waals surface area (Å²) < 4.78 is 5.35. The van der Waals surface area contributed by atoms with Crippen LogP contribution in [0, 0.1) is 0 Å². The smallest absolute Gasteiger partial charge is 0.325 e. The number of aliphatic carboxylic acids is 1. The predicted molar refractivity (Wildman–Crippen MR) is 67.0 cm³/mol. The van der Waals surface area contributed by atoms with Crippen LogP contribution in [0.5, 0.6) is 11.5 Å². The molecule has 104 valence electrons. The molecule has 7 nitrogen and oxygen atoms in total. The molecule has 1 aromatic rings. The van der Waals surface area contributed by atoms with Gasteiger partial charge in [0.25, 0.3) is 0 Å². The summed E-state index contributed by atoms with van der Waals surface area (Å²) in [6.45, 7) is 2.95. The van der Waals surface area contributed by atoms with E-state index in [-0.39, 0.29) is 5.75 Å². The first-order valence-corrected chi connectivity index (χ1v) is 5.64. The van der Waals surface area contributed by atoms with Crippen molar-refractivity contribution in [1.29, 1.82) is 0 Å². The van der Waals surface area contributed by atoms with Crippen LogP contribution in [0.2, 0.25) is 0 Å². The summed E-state index contributed by atoms with van der Waals surface area (Å²) in [5.74, 6) is -0.542. The number of benzene rings is 1. The molecule has 0 aliphatic heterocycles. The summed E-state index contributed by atoms with van der Waals surface area (Å²) in [7, 11) is 0. The zero-order chi connectivity index (χ0) is 14.4. The Morgan fingerprint density at radius 1 is 1.16 bits per heavy atom. The van der Waals surface area contributed by atoms with Gasteiger partial charge >= 0.3 is 12.0 Å². The van der Waals surface area contributed by atoms with E-state index in [9.17, 15) is 9.59 Å². The van der Waals surface area contributed by atoms with Crippen molar-refractivity contribution in [2.75, 3.05) is 0 Å². The van der Waals surface area contributed by atoms with Crippen molar-refractivity contribution in [1.82, 2.24) is 10.6 Å². The van der Waals surface area contributed by atoms with Crippen LogP contribution in [0.1, 0.15) is 13.8 Å². The number of aromatic hydroxyl groups is 1. The minimum Gasteiger partial charge on any atom is -0.508 e. The third-order valence-corrected chi connectivity index (χ3v) is 2.20. The van der Waals surface area contributed by atoms with Crippen LogP contribution in [0.25, 0.3) is 0 Å². The minimum atomic E-state index is -1.12. The maximum absolute atomic E-state index is 11.4. The predicted octanol–water partition coefficient (Wildman–Crippen LogP) is 0.889. The topological polar surface area (TPSA) is 108 Å². The average molecular weight is 268 g/mol. The molecule has 1 aromatic carbocycles. The van der Waals surface area contributed by atoms with E-state index in [4.69, 9.17) is 14.9 Å². The van der Waals surface area contributed by atoms with Gasteiger partial charge in [0.2, 0.25) is 0 Å². The average Bonchev–Trinajstić information content (AvgIpc) is 2.31. The molecule has 0 fully saturated rings. The highest BCUT2D eigenvalue weighted by Crippen LogP contribution is 2.16. The molecule has 0 aromatic heterocycles. The van der Waals surface area contributed by atoms with E-state index in [0.717, 1.165) is 0 Å². The lowest BCUT2D eigenvalue weighted by molar-refractivity contribution is -0.138. The number of phenolic OH excluding ortho intramolecular Hbond substituents is 1. The van der Waals surface area contributed by atoms with E-state index >= 15 is 0 Å². The summed E-state index contributed by atoms with van der Waals surface area (Å²) >= 11 is 0. The Morgan fingerprint density at radius 3 is 2.26 bits per heavy atom. The van der Waals surface area contributed by atoms with Crippen LogP contribution in [-0.4, -0.2) is 34.5 Å². The second-order valence-electron chi connectivity index (χ2n) is 3.93. The van der Waals surface area contributed by atoms with Crippen molar-refractivity contribution in [3.8, 4) is 11.5 Å². The Morgan fingerprint density at radius 2 is 1.74 bits per heavy atom. The Balaban J connectivity index is 2.42. The Bertz CT molecular complexity index is 446. The lowest BCUT2D eigenvalue weighted by atomic mass is 10.3. The number of amides is 2. The molecule has 2 unspecified atom stereocenters. The molecule has 7 heteroatoms. The zero-order valence-corrected chi connectivity index (χ0v) is 10.6. The molecule has 0 heterocycles. The number of phenols is 1. The van der Waals surface area contributed by atoms with E-state index in [1.54, 1.807) is 19.1 Å². The third-order valence-electron chi connectivity index (χ3n) is 2.20. The van der Waals surface area contributed by atoms with Gasteiger partial charge in [-0.25, -0.2) is 4.79 Å². The van der Waals surface area contributed by atoms with Gasteiger partial charge in [-0.1, -0.05) is 0 Å². The first-order valence-electron chi connectivity index (χ1n) is 5.64. The molecule has 0 radical (unpaired) electrons. The van der Waals surface area contributed by atoms with Crippen LogP contribution >= 0.6 is 0 Å². The fraction of sp³-hybridized carbons (Fsp3) is 0.333. The third kappa shape index (κ3) is 5.15. The maximum atomic E-state index is 11.4. The first kappa shape index (κ1) is 14.6. The lowest BCUT2D eigenvalue weighted by Gasteiger charge is -2.17. The molecular weight excluding hydrogens is 252 g/mol. The van der Waals surface area contributed by atoms with E-state index in [0.29, 0.717) is 5.75 Å². The number of ether oxygens (including phenoxy) is 1. The van der Waals surface area contributed by atoms with Crippen LogP contribution in [0.3, 0.4) is 0 Å². The Labute approximate surface area is 110 Å². The number of carboxylic acids is 1. The molecule has 1 rings (SSSR count). The monoisotopic (exact) mass is 268 g/mol. The number of carbonyl (C=O) groups is 2. The van der Waals surface area contributed by atoms with Crippen molar-refractivity contribution in [3.63, 3.8) is 0 Å². The standard InChI is InChI=1S/C12H16N2O5/c1-7(11(16)17)13-12(18)14-8(2)19-10-5-3-9(15)4-6-10/h3-8,15H,1-2H3,(H,16,17)(H2,13,14,18). The van der Waals surface area contributed by atoms with Crippen LogP contribution < -0.4 is 15.4 Å². The van der Waals surface area contributed by atoms with Gasteiger partial charge in [0.05, 0.1) is 0 Å². The van der Waals surface area contributed by atoms with Gasteiger partial charge in [0.15, 0.2) is 6.23 Å². The van der Waals surface area contributed by atoms with Crippen LogP contribution in [0.15, 0.2) is 24.3 Å². The SMILES string of the molecule is CC(NC(=O)NC(C)C(=O)O)Oc1ccc(O)cc1. The number of carbonyl (C=O) groups excluding carboxylic acids is 1. The lowest BCUT2D eigenvalue weighted by Crippen LogP contribution is -2.48. The van der Waals surface area contributed by atoms with Crippen molar-refractivity contribution in [2.45, 2.75) is 26.1 Å². The van der Waals surface area contributed by atoms with Crippen molar-refractivity contribution in [2.24, 2.45) is 0 Å². The molecule has 2 atom stereocenters. The second kappa shape index (κ2) is 6.48. The van der Waals surface area contributed by atoms with Gasteiger partial charge in [-0.2, -0.15) is 0 Å². The zero-order valence-electron chi connectivity index (χ0n) is 10.6. The fourth-order valence-corrected chi connectivity index (χ4v) is 1.24. The highest BCUT2D eigenvalue weighted by atomic mass is 16.5. The molecule has 0 saturated carbocycles. The van der Waals surface area contributed by atoms with Crippen molar-refractivity contribution in [3.05, 3.63) is 24.3 Å². The van der Waals surface area contributed by atoms with E-state index in [1.807, 2.05) is 0 Å². The van der Waals surface area contributed by atoms with Gasteiger partial charge in [0, 0.05) is 0 Å². The summed E-state index contributed by atoms with van der Waals surface area (Å²) in [6, 6.07) is 4.38. The van der Waals surface area contributed by atoms with Gasteiger partial charge < -0.3 is 25.6 Å². The number of nitrogens with one attached hydrogen (secondary N) is 2. The number of urea groups is 1. The molecule has 2 amide bonds. The van der Waals surface area contributed by atoms with E-state index in [1.165, 1.54) is 19.1 Å². The highest BCUT2D eigenvalue weighted by Gasteiger charge is 2.15. The van der Waals surface area contributed by atoms with Gasteiger partial charge in [-0.15, -0.1) is 0 Å². The normalized spacial score (nSPS) is 13.2. The quantitative estimate of drug-likeness (QED) is 0.593. The number of carboxylic acid groups (broad SMARTS) is 1. The van der Waals surface area contributed by atoms with Crippen LogP contribution in [0.4, 0.5) is 4.79 Å². The van der Waals surface area contributed by atoms with Gasteiger partial charge in [0.1, 0.15) is 17.5 Å². The van der Waals surface area contributed by atoms with E-state index < -0.39 is 24.3 Å². The highest BCUT2D eigenvalue weighted by molar-refractivity contribution is 5.82. The number of rotatable bonds is 5. The van der Waals surface area contributed by atoms with Gasteiger partial charge in [-0.05, 0) is 38.1 Å². The maximum Gasteiger partial charge on any atom is 0.325 e. The summed E-state index contributed by atoms with van der Waals surface area (Å²) in [6.07, 6.45) is -0.648. The first-order chi connectivity index (χ1) is 8.88. The van der Waals surface area contributed by atoms with Crippen molar-refractivity contribution < 1.29 is 24.5 Å². The Kier molecular flexibility index (Phi) is 4.99. The largest absolute Gasteiger partial charge is 0.508 e. The molecule has 4 N–H and O–H groups in total. The molecule has 0 saturated heterocycles. The van der Waals surface area contributed by atoms with Gasteiger partial charge in [-0.3, -0.25) is 4.79 Å².